The minimum Gasteiger partial charge on any atom is -0.411 e. The Bertz CT molecular complexity index is 967. The lowest BCUT2D eigenvalue weighted by Gasteiger charge is -2.31. The molecule has 0 amide bonds. The highest BCUT2D eigenvalue weighted by atomic mass is 32.2. The van der Waals surface area contributed by atoms with Gasteiger partial charge in [-0.05, 0) is 16.7 Å². The lowest BCUT2D eigenvalue weighted by atomic mass is 10.0. The molecule has 1 saturated heterocycles. The van der Waals surface area contributed by atoms with Gasteiger partial charge in [-0.25, -0.2) is 0 Å². The lowest BCUT2D eigenvalue weighted by molar-refractivity contribution is -0.129. The first-order valence-electron chi connectivity index (χ1n) is 11.1. The van der Waals surface area contributed by atoms with Crippen LogP contribution in [0, 0.1) is 0 Å². The van der Waals surface area contributed by atoms with Crippen molar-refractivity contribution in [2.24, 2.45) is 5.16 Å². The summed E-state index contributed by atoms with van der Waals surface area (Å²) in [4.78, 5) is 0. The fourth-order valence-electron chi connectivity index (χ4n) is 3.62. The number of ether oxygens (including phenoxy) is 3. The molecule has 4 rings (SSSR count). The molecule has 0 spiro atoms. The molecule has 1 N–H and O–H groups in total. The van der Waals surface area contributed by atoms with E-state index in [1.54, 1.807) is 0 Å². The van der Waals surface area contributed by atoms with E-state index in [-0.39, 0.29) is 6.10 Å². The number of nitrogens with zero attached hydrogens (tertiary/aromatic N) is 1. The summed E-state index contributed by atoms with van der Waals surface area (Å²) in [6.07, 6.45) is 0.192. The summed E-state index contributed by atoms with van der Waals surface area (Å²) in [5.74, 6) is 1.01. The maximum absolute atomic E-state index is 9.40. The SMILES string of the molecule is O/N=C/[C@H](OCc1ccccc1)[C@@H](OCc1ccccc1)[C@H](OCc1ccccc1)[C@H]1CS1. The van der Waals surface area contributed by atoms with E-state index in [4.69, 9.17) is 14.2 Å². The first-order valence-corrected chi connectivity index (χ1v) is 12.1. The Morgan fingerprint density at radius 2 is 1.21 bits per heavy atom. The third kappa shape index (κ3) is 7.44. The van der Waals surface area contributed by atoms with Crippen molar-refractivity contribution in [2.45, 2.75) is 43.4 Å². The second kappa shape index (κ2) is 12.6. The maximum atomic E-state index is 9.40. The van der Waals surface area contributed by atoms with Gasteiger partial charge in [0.25, 0.3) is 0 Å². The molecule has 172 valence electrons. The lowest BCUT2D eigenvalue weighted by Crippen LogP contribution is -2.46. The minimum absolute atomic E-state index is 0.210. The first kappa shape index (κ1) is 23.5. The predicted octanol–water partition coefficient (Wildman–Crippen LogP) is 5.32. The number of hydrogen-bond donors (Lipinski definition) is 1. The number of hydrogen-bond acceptors (Lipinski definition) is 6. The van der Waals surface area contributed by atoms with E-state index in [2.05, 4.69) is 17.3 Å². The Labute approximate surface area is 199 Å². The molecule has 6 heteroatoms. The largest absolute Gasteiger partial charge is 0.411 e. The van der Waals surface area contributed by atoms with Gasteiger partial charge in [0.2, 0.25) is 0 Å². The summed E-state index contributed by atoms with van der Waals surface area (Å²) in [6, 6.07) is 30.1. The monoisotopic (exact) mass is 463 g/mol. The highest BCUT2D eigenvalue weighted by Crippen LogP contribution is 2.38. The number of rotatable bonds is 13. The smallest absolute Gasteiger partial charge is 0.125 e. The van der Waals surface area contributed by atoms with Gasteiger partial charge in [-0.15, -0.1) is 0 Å². The van der Waals surface area contributed by atoms with Crippen molar-refractivity contribution >= 4 is 18.0 Å². The molecule has 33 heavy (non-hydrogen) atoms. The third-order valence-electron chi connectivity index (χ3n) is 5.44. The molecule has 1 fully saturated rings. The summed E-state index contributed by atoms with van der Waals surface area (Å²) < 4.78 is 19.0. The van der Waals surface area contributed by atoms with E-state index in [0.29, 0.717) is 25.1 Å². The fourth-order valence-corrected chi connectivity index (χ4v) is 4.35. The van der Waals surface area contributed by atoms with E-state index in [1.807, 2.05) is 90.6 Å². The van der Waals surface area contributed by atoms with Crippen LogP contribution in [0.3, 0.4) is 0 Å². The highest BCUT2D eigenvalue weighted by Gasteiger charge is 2.43. The predicted molar refractivity (Wildman–Crippen MR) is 132 cm³/mol. The topological polar surface area (TPSA) is 60.3 Å². The van der Waals surface area contributed by atoms with Crippen LogP contribution in [-0.2, 0) is 34.0 Å². The summed E-state index contributed by atoms with van der Waals surface area (Å²) >= 11 is 1.84. The normalized spacial score (nSPS) is 18.1. The van der Waals surface area contributed by atoms with Gasteiger partial charge in [0.15, 0.2) is 0 Å². The Balaban J connectivity index is 1.52. The van der Waals surface area contributed by atoms with Crippen LogP contribution in [0.25, 0.3) is 0 Å². The molecule has 0 aromatic heterocycles. The van der Waals surface area contributed by atoms with Gasteiger partial charge >= 0.3 is 0 Å². The first-order chi connectivity index (χ1) is 16.3. The summed E-state index contributed by atoms with van der Waals surface area (Å²) in [6.45, 7) is 1.28. The van der Waals surface area contributed by atoms with Gasteiger partial charge < -0.3 is 19.4 Å². The van der Waals surface area contributed by atoms with Crippen molar-refractivity contribution in [1.29, 1.82) is 0 Å². The van der Waals surface area contributed by atoms with Crippen molar-refractivity contribution < 1.29 is 19.4 Å². The average molecular weight is 464 g/mol. The van der Waals surface area contributed by atoms with E-state index >= 15 is 0 Å². The van der Waals surface area contributed by atoms with Gasteiger partial charge in [0, 0.05) is 11.0 Å². The van der Waals surface area contributed by atoms with Crippen LogP contribution >= 0.6 is 11.8 Å². The average Bonchev–Trinajstić information content (AvgIpc) is 3.71. The standard InChI is InChI=1S/C27H29NO4S/c29-28-16-24(30-17-21-10-4-1-5-11-21)26(31-18-22-12-6-2-7-13-22)27(25-20-33-25)32-19-23-14-8-3-9-15-23/h1-16,24-27,29H,17-20H2/b28-16+/t24-,25+,26+,27+/m0/s1. The molecule has 3 aromatic carbocycles. The van der Waals surface area contributed by atoms with Gasteiger partial charge in [0.1, 0.15) is 12.2 Å². The Morgan fingerprint density at radius 1 is 0.758 bits per heavy atom. The Kier molecular flexibility index (Phi) is 8.95. The zero-order valence-electron chi connectivity index (χ0n) is 18.4. The summed E-state index contributed by atoms with van der Waals surface area (Å²) in [5.41, 5.74) is 3.21. The summed E-state index contributed by atoms with van der Waals surface area (Å²) in [7, 11) is 0. The van der Waals surface area contributed by atoms with Gasteiger partial charge in [-0.3, -0.25) is 0 Å². The molecule has 0 bridgehead atoms. The van der Waals surface area contributed by atoms with Gasteiger partial charge in [-0.1, -0.05) is 96.2 Å². The Morgan fingerprint density at radius 3 is 1.67 bits per heavy atom. The zero-order valence-corrected chi connectivity index (χ0v) is 19.2. The number of thioether (sulfide) groups is 1. The Hall–Kier alpha value is -2.64. The maximum Gasteiger partial charge on any atom is 0.125 e. The van der Waals surface area contributed by atoms with E-state index in [9.17, 15) is 5.21 Å². The van der Waals surface area contributed by atoms with Crippen molar-refractivity contribution in [2.75, 3.05) is 5.75 Å². The van der Waals surface area contributed by atoms with Crippen LogP contribution in [0.1, 0.15) is 16.7 Å². The quantitative estimate of drug-likeness (QED) is 0.161. The molecular formula is C27H29NO4S. The number of oxime groups is 1. The molecule has 0 saturated carbocycles. The molecular weight excluding hydrogens is 434 g/mol. The van der Waals surface area contributed by atoms with Crippen molar-refractivity contribution in [3.8, 4) is 0 Å². The van der Waals surface area contributed by atoms with E-state index < -0.39 is 12.2 Å². The van der Waals surface area contributed by atoms with Crippen LogP contribution < -0.4 is 0 Å². The van der Waals surface area contributed by atoms with Crippen molar-refractivity contribution in [3.63, 3.8) is 0 Å². The molecule has 1 heterocycles. The van der Waals surface area contributed by atoms with Crippen LogP contribution in [0.15, 0.2) is 96.2 Å². The van der Waals surface area contributed by atoms with Crippen molar-refractivity contribution in [1.82, 2.24) is 0 Å². The van der Waals surface area contributed by atoms with E-state index in [1.165, 1.54) is 6.21 Å². The highest BCUT2D eigenvalue weighted by molar-refractivity contribution is 8.06. The van der Waals surface area contributed by atoms with Gasteiger partial charge in [-0.2, -0.15) is 11.8 Å². The second-order valence-electron chi connectivity index (χ2n) is 7.92. The zero-order chi connectivity index (χ0) is 22.7. The molecule has 5 nitrogen and oxygen atoms in total. The molecule has 1 aliphatic heterocycles. The fraction of sp³-hybridized carbons (Fsp3) is 0.296. The third-order valence-corrected chi connectivity index (χ3v) is 6.43. The van der Waals surface area contributed by atoms with Crippen LogP contribution in [0.5, 0.6) is 0 Å². The summed E-state index contributed by atoms with van der Waals surface area (Å²) in [5, 5.41) is 13.0. The van der Waals surface area contributed by atoms with Crippen molar-refractivity contribution in [3.05, 3.63) is 108 Å². The minimum atomic E-state index is -0.569. The molecule has 3 aromatic rings. The molecule has 0 aliphatic carbocycles. The van der Waals surface area contributed by atoms with Gasteiger partial charge in [0.05, 0.1) is 32.1 Å². The number of benzene rings is 3. The molecule has 1 aliphatic rings. The molecule has 4 atom stereocenters. The van der Waals surface area contributed by atoms with E-state index in [0.717, 1.165) is 22.4 Å². The molecule has 0 radical (unpaired) electrons. The van der Waals surface area contributed by atoms with Crippen LogP contribution in [0.2, 0.25) is 0 Å². The molecule has 0 unspecified atom stereocenters. The second-order valence-corrected chi connectivity index (χ2v) is 9.19. The van der Waals surface area contributed by atoms with Crippen LogP contribution in [0.4, 0.5) is 0 Å². The van der Waals surface area contributed by atoms with Crippen LogP contribution in [-0.4, -0.2) is 40.7 Å².